The zero-order valence-electron chi connectivity index (χ0n) is 16.3. The number of benzene rings is 2. The Hall–Kier alpha value is -3.94. The number of fused-ring (bicyclic) bond motifs is 3. The Morgan fingerprint density at radius 2 is 1.74 bits per heavy atom. The van der Waals surface area contributed by atoms with Gasteiger partial charge >= 0.3 is 11.9 Å². The summed E-state index contributed by atoms with van der Waals surface area (Å²) in [6.07, 6.45) is 0.260. The molecule has 0 aliphatic rings. The van der Waals surface area contributed by atoms with Crippen LogP contribution in [0.15, 0.2) is 78.0 Å². The zero-order valence-corrected chi connectivity index (χ0v) is 16.3. The standard InChI is InChI=1S/C23H15F3N4O/c1-29-20-13-28-18-9-8-14(15-5-4-10-27-12-15)11-16(18)21(20)30(22(29)31)19-7-3-2-6-17(19)23(24,25)26/h2-13H,1H3. The van der Waals surface area contributed by atoms with Gasteiger partial charge in [-0.25, -0.2) is 4.79 Å². The molecule has 0 fully saturated rings. The van der Waals surface area contributed by atoms with Crippen LogP contribution in [0.3, 0.4) is 0 Å². The molecule has 3 aromatic heterocycles. The molecule has 0 aliphatic heterocycles. The molecule has 3 heterocycles. The summed E-state index contributed by atoms with van der Waals surface area (Å²) in [5.41, 5.74) is 1.39. The third-order valence-corrected chi connectivity index (χ3v) is 5.33. The fourth-order valence-corrected chi connectivity index (χ4v) is 3.84. The fourth-order valence-electron chi connectivity index (χ4n) is 3.84. The molecule has 5 rings (SSSR count). The third-order valence-electron chi connectivity index (χ3n) is 5.33. The van der Waals surface area contributed by atoms with Gasteiger partial charge < -0.3 is 0 Å². The molecule has 31 heavy (non-hydrogen) atoms. The summed E-state index contributed by atoms with van der Waals surface area (Å²) in [6.45, 7) is 0. The lowest BCUT2D eigenvalue weighted by Crippen LogP contribution is -2.23. The van der Waals surface area contributed by atoms with E-state index in [2.05, 4.69) is 9.97 Å². The lowest BCUT2D eigenvalue weighted by atomic mass is 10.0. The molecule has 5 nitrogen and oxygen atoms in total. The van der Waals surface area contributed by atoms with E-state index in [0.29, 0.717) is 21.9 Å². The van der Waals surface area contributed by atoms with Gasteiger partial charge in [0.25, 0.3) is 0 Å². The Kier molecular flexibility index (Phi) is 4.18. The van der Waals surface area contributed by atoms with Crippen molar-refractivity contribution < 1.29 is 13.2 Å². The number of aryl methyl sites for hydroxylation is 1. The van der Waals surface area contributed by atoms with Crippen LogP contribution in [-0.2, 0) is 13.2 Å². The number of aromatic nitrogens is 4. The minimum Gasteiger partial charge on any atom is -0.293 e. The van der Waals surface area contributed by atoms with Gasteiger partial charge in [0, 0.05) is 30.4 Å². The lowest BCUT2D eigenvalue weighted by molar-refractivity contribution is -0.137. The van der Waals surface area contributed by atoms with Crippen molar-refractivity contribution in [2.75, 3.05) is 0 Å². The van der Waals surface area contributed by atoms with Crippen LogP contribution in [0.4, 0.5) is 13.2 Å². The second-order valence-electron chi connectivity index (χ2n) is 7.16. The summed E-state index contributed by atoms with van der Waals surface area (Å²) in [7, 11) is 1.52. The van der Waals surface area contributed by atoms with Crippen molar-refractivity contribution in [1.29, 1.82) is 0 Å². The van der Waals surface area contributed by atoms with E-state index in [1.807, 2.05) is 18.2 Å². The normalized spacial score (nSPS) is 12.0. The Morgan fingerprint density at radius 1 is 0.935 bits per heavy atom. The van der Waals surface area contributed by atoms with Gasteiger partial charge in [-0.2, -0.15) is 13.2 Å². The molecule has 5 aromatic rings. The average molecular weight is 420 g/mol. The summed E-state index contributed by atoms with van der Waals surface area (Å²) in [6, 6.07) is 14.2. The quantitative estimate of drug-likeness (QED) is 0.406. The maximum atomic E-state index is 13.7. The molecule has 0 saturated heterocycles. The minimum absolute atomic E-state index is 0.218. The van der Waals surface area contributed by atoms with Crippen LogP contribution in [0.2, 0.25) is 0 Å². The molecule has 154 valence electrons. The second kappa shape index (κ2) is 6.80. The molecular formula is C23H15F3N4O. The van der Waals surface area contributed by atoms with Gasteiger partial charge in [0.05, 0.1) is 34.0 Å². The zero-order chi connectivity index (χ0) is 21.8. The molecule has 8 heteroatoms. The van der Waals surface area contributed by atoms with Crippen LogP contribution in [-0.4, -0.2) is 19.1 Å². The van der Waals surface area contributed by atoms with E-state index in [-0.39, 0.29) is 5.69 Å². The van der Waals surface area contributed by atoms with Crippen molar-refractivity contribution in [3.05, 3.63) is 89.2 Å². The van der Waals surface area contributed by atoms with Gasteiger partial charge in [-0.3, -0.25) is 19.1 Å². The average Bonchev–Trinajstić information content (AvgIpc) is 3.04. The number of hydrogen-bond donors (Lipinski definition) is 0. The van der Waals surface area contributed by atoms with Crippen molar-refractivity contribution in [2.45, 2.75) is 6.18 Å². The van der Waals surface area contributed by atoms with Crippen LogP contribution in [0.1, 0.15) is 5.56 Å². The first-order valence-electron chi connectivity index (χ1n) is 9.43. The van der Waals surface area contributed by atoms with Crippen LogP contribution in [0.5, 0.6) is 0 Å². The van der Waals surface area contributed by atoms with Crippen molar-refractivity contribution in [2.24, 2.45) is 7.05 Å². The van der Waals surface area contributed by atoms with Crippen LogP contribution in [0.25, 0.3) is 38.8 Å². The summed E-state index contributed by atoms with van der Waals surface area (Å²) < 4.78 is 43.6. The van der Waals surface area contributed by atoms with E-state index in [1.54, 1.807) is 24.5 Å². The number of imidazole rings is 1. The van der Waals surface area contributed by atoms with E-state index >= 15 is 0 Å². The Morgan fingerprint density at radius 3 is 2.48 bits per heavy atom. The maximum Gasteiger partial charge on any atom is 0.418 e. The molecule has 0 bridgehead atoms. The first-order valence-corrected chi connectivity index (χ1v) is 9.43. The fraction of sp³-hybridized carbons (Fsp3) is 0.0870. The van der Waals surface area contributed by atoms with Crippen molar-refractivity contribution >= 4 is 21.9 Å². The Bertz CT molecular complexity index is 1500. The van der Waals surface area contributed by atoms with E-state index in [0.717, 1.165) is 21.8 Å². The molecule has 0 amide bonds. The lowest BCUT2D eigenvalue weighted by Gasteiger charge is -2.14. The molecular weight excluding hydrogens is 405 g/mol. The minimum atomic E-state index is -4.61. The largest absolute Gasteiger partial charge is 0.418 e. The van der Waals surface area contributed by atoms with Gasteiger partial charge in [-0.1, -0.05) is 24.3 Å². The Balaban J connectivity index is 1.92. The highest BCUT2D eigenvalue weighted by Crippen LogP contribution is 2.36. The van der Waals surface area contributed by atoms with Gasteiger partial charge in [-0.05, 0) is 35.9 Å². The van der Waals surface area contributed by atoms with Gasteiger partial charge in [0.2, 0.25) is 0 Å². The van der Waals surface area contributed by atoms with E-state index in [9.17, 15) is 18.0 Å². The van der Waals surface area contributed by atoms with E-state index in [4.69, 9.17) is 0 Å². The number of alkyl halides is 3. The van der Waals surface area contributed by atoms with Crippen molar-refractivity contribution in [3.63, 3.8) is 0 Å². The topological polar surface area (TPSA) is 52.7 Å². The Labute approximate surface area is 174 Å². The highest BCUT2D eigenvalue weighted by molar-refractivity contribution is 6.04. The van der Waals surface area contributed by atoms with E-state index < -0.39 is 17.4 Å². The SMILES string of the molecule is Cn1c(=O)n(-c2ccccc2C(F)(F)F)c2c3cc(-c4cccnc4)ccc3ncc21. The molecule has 0 saturated carbocycles. The first-order chi connectivity index (χ1) is 14.9. The van der Waals surface area contributed by atoms with Crippen molar-refractivity contribution in [3.8, 4) is 16.8 Å². The number of pyridine rings is 2. The smallest absolute Gasteiger partial charge is 0.293 e. The van der Waals surface area contributed by atoms with Crippen LogP contribution in [0, 0.1) is 0 Å². The first kappa shape index (κ1) is 19.0. The second-order valence-corrected chi connectivity index (χ2v) is 7.16. The van der Waals surface area contributed by atoms with Gasteiger partial charge in [0.1, 0.15) is 0 Å². The molecule has 2 aromatic carbocycles. The maximum absolute atomic E-state index is 13.7. The monoisotopic (exact) mass is 420 g/mol. The predicted molar refractivity (Wildman–Crippen MR) is 112 cm³/mol. The van der Waals surface area contributed by atoms with Gasteiger partial charge in [-0.15, -0.1) is 0 Å². The van der Waals surface area contributed by atoms with Crippen LogP contribution < -0.4 is 5.69 Å². The highest BCUT2D eigenvalue weighted by atomic mass is 19.4. The molecule has 0 spiro atoms. The number of hydrogen-bond acceptors (Lipinski definition) is 3. The highest BCUT2D eigenvalue weighted by Gasteiger charge is 2.34. The summed E-state index contributed by atoms with van der Waals surface area (Å²) in [5.74, 6) is 0. The van der Waals surface area contributed by atoms with Crippen molar-refractivity contribution in [1.82, 2.24) is 19.1 Å². The molecule has 0 radical (unpaired) electrons. The molecule has 0 unspecified atom stereocenters. The van der Waals surface area contributed by atoms with E-state index in [1.165, 1.54) is 36.0 Å². The summed E-state index contributed by atoms with van der Waals surface area (Å²) in [4.78, 5) is 21.6. The molecule has 0 atom stereocenters. The summed E-state index contributed by atoms with van der Waals surface area (Å²) in [5, 5.41) is 0.577. The third kappa shape index (κ3) is 2.99. The van der Waals surface area contributed by atoms with Gasteiger partial charge in [0.15, 0.2) is 0 Å². The molecule has 0 aliphatic carbocycles. The predicted octanol–water partition coefficient (Wildman–Crippen LogP) is 4.96. The number of para-hydroxylation sites is 1. The number of halogens is 3. The van der Waals surface area contributed by atoms with Crippen LogP contribution >= 0.6 is 0 Å². The number of nitrogens with zero attached hydrogens (tertiary/aromatic N) is 4. The summed E-state index contributed by atoms with van der Waals surface area (Å²) >= 11 is 0. The molecule has 0 N–H and O–H groups in total. The number of rotatable bonds is 2.